The van der Waals surface area contributed by atoms with Crippen molar-refractivity contribution in [3.63, 3.8) is 0 Å². The summed E-state index contributed by atoms with van der Waals surface area (Å²) in [5, 5.41) is 3.26. The van der Waals surface area contributed by atoms with Crippen molar-refractivity contribution in [3.05, 3.63) is 36.5 Å². The molecule has 1 N–H and O–H groups in total. The molecule has 0 saturated heterocycles. The first-order valence-corrected chi connectivity index (χ1v) is 7.16. The highest BCUT2D eigenvalue weighted by Gasteiger charge is 2.07. The van der Waals surface area contributed by atoms with E-state index in [0.717, 1.165) is 43.3 Å². The molecular formula is C15H22N4O. The number of furan rings is 1. The summed E-state index contributed by atoms with van der Waals surface area (Å²) in [5.74, 6) is 2.69. The molecule has 0 unspecified atom stereocenters. The summed E-state index contributed by atoms with van der Waals surface area (Å²) in [6.45, 7) is 7.02. The van der Waals surface area contributed by atoms with Crippen LogP contribution in [-0.4, -0.2) is 23.1 Å². The lowest BCUT2D eigenvalue weighted by Gasteiger charge is -2.22. The van der Waals surface area contributed by atoms with Crippen molar-refractivity contribution in [2.45, 2.75) is 33.2 Å². The topological polar surface area (TPSA) is 54.2 Å². The minimum Gasteiger partial charge on any atom is -0.467 e. The van der Waals surface area contributed by atoms with E-state index in [1.807, 2.05) is 18.2 Å². The van der Waals surface area contributed by atoms with E-state index < -0.39 is 0 Å². The van der Waals surface area contributed by atoms with E-state index >= 15 is 0 Å². The fourth-order valence-electron chi connectivity index (χ4n) is 2.09. The maximum atomic E-state index is 5.29. The summed E-state index contributed by atoms with van der Waals surface area (Å²) in [7, 11) is 0. The van der Waals surface area contributed by atoms with Crippen LogP contribution in [-0.2, 0) is 6.54 Å². The van der Waals surface area contributed by atoms with Crippen LogP contribution >= 0.6 is 0 Å². The molecule has 0 aromatic carbocycles. The molecule has 0 aliphatic carbocycles. The molecule has 2 heterocycles. The average molecular weight is 274 g/mol. The Hall–Kier alpha value is -2.04. The Bertz CT molecular complexity index is 492. The van der Waals surface area contributed by atoms with Gasteiger partial charge in [-0.1, -0.05) is 13.8 Å². The molecular weight excluding hydrogens is 252 g/mol. The molecule has 20 heavy (non-hydrogen) atoms. The third kappa shape index (κ3) is 3.98. The molecule has 0 atom stereocenters. The Morgan fingerprint density at radius 2 is 2.00 bits per heavy atom. The van der Waals surface area contributed by atoms with Crippen LogP contribution in [0.25, 0.3) is 0 Å². The molecule has 108 valence electrons. The fourth-order valence-corrected chi connectivity index (χ4v) is 2.09. The highest BCUT2D eigenvalue weighted by atomic mass is 16.3. The van der Waals surface area contributed by atoms with Crippen LogP contribution in [0.2, 0.25) is 0 Å². The number of nitrogens with zero attached hydrogens (tertiary/aromatic N) is 3. The highest BCUT2D eigenvalue weighted by Crippen LogP contribution is 2.15. The second-order valence-electron chi connectivity index (χ2n) is 4.68. The lowest BCUT2D eigenvalue weighted by atomic mass is 10.3. The van der Waals surface area contributed by atoms with E-state index in [0.29, 0.717) is 6.54 Å². The van der Waals surface area contributed by atoms with Gasteiger partial charge in [0, 0.05) is 19.2 Å². The SMILES string of the molecule is CCCN(CCC)c1cc(NCc2ccco2)ncn1. The first kappa shape index (κ1) is 14.4. The molecule has 0 radical (unpaired) electrons. The molecule has 0 aliphatic rings. The van der Waals surface area contributed by atoms with Crippen molar-refractivity contribution < 1.29 is 4.42 Å². The van der Waals surface area contributed by atoms with E-state index in [4.69, 9.17) is 4.42 Å². The van der Waals surface area contributed by atoms with Crippen LogP contribution in [0, 0.1) is 0 Å². The standard InChI is InChI=1S/C15H22N4O/c1-3-7-19(8-4-2)15-10-14(17-12-18-15)16-11-13-6-5-9-20-13/h5-6,9-10,12H,3-4,7-8,11H2,1-2H3,(H,16,17,18). The Labute approximate surface area is 120 Å². The average Bonchev–Trinajstić information content (AvgIpc) is 2.98. The minimum absolute atomic E-state index is 0.630. The smallest absolute Gasteiger partial charge is 0.134 e. The van der Waals surface area contributed by atoms with Gasteiger partial charge in [0.2, 0.25) is 0 Å². The molecule has 0 aliphatic heterocycles. The van der Waals surface area contributed by atoms with Gasteiger partial charge in [-0.05, 0) is 25.0 Å². The first-order chi connectivity index (χ1) is 9.83. The normalized spacial score (nSPS) is 10.5. The van der Waals surface area contributed by atoms with E-state index in [1.54, 1.807) is 12.6 Å². The molecule has 2 rings (SSSR count). The second kappa shape index (κ2) is 7.53. The lowest BCUT2D eigenvalue weighted by Crippen LogP contribution is -2.26. The Kier molecular flexibility index (Phi) is 5.41. The number of hydrogen-bond acceptors (Lipinski definition) is 5. The molecule has 0 saturated carbocycles. The lowest BCUT2D eigenvalue weighted by molar-refractivity contribution is 0.518. The maximum absolute atomic E-state index is 5.29. The van der Waals surface area contributed by atoms with Gasteiger partial charge in [-0.25, -0.2) is 9.97 Å². The van der Waals surface area contributed by atoms with Gasteiger partial charge < -0.3 is 14.6 Å². The number of nitrogens with one attached hydrogen (secondary N) is 1. The van der Waals surface area contributed by atoms with Crippen molar-refractivity contribution >= 4 is 11.6 Å². The van der Waals surface area contributed by atoms with Gasteiger partial charge in [0.05, 0.1) is 12.8 Å². The van der Waals surface area contributed by atoms with Gasteiger partial charge in [-0.3, -0.25) is 0 Å². The largest absolute Gasteiger partial charge is 0.467 e. The number of rotatable bonds is 8. The Morgan fingerprint density at radius 1 is 1.20 bits per heavy atom. The first-order valence-electron chi connectivity index (χ1n) is 7.16. The summed E-state index contributed by atoms with van der Waals surface area (Å²) >= 11 is 0. The highest BCUT2D eigenvalue weighted by molar-refractivity contribution is 5.48. The van der Waals surface area contributed by atoms with E-state index in [2.05, 4.69) is 34.0 Å². The van der Waals surface area contributed by atoms with Crippen LogP contribution in [0.5, 0.6) is 0 Å². The summed E-state index contributed by atoms with van der Waals surface area (Å²) in [6, 6.07) is 5.82. The number of aromatic nitrogens is 2. The zero-order valence-electron chi connectivity index (χ0n) is 12.2. The third-order valence-corrected chi connectivity index (χ3v) is 2.99. The van der Waals surface area contributed by atoms with Crippen molar-refractivity contribution in [1.82, 2.24) is 9.97 Å². The zero-order chi connectivity index (χ0) is 14.2. The predicted molar refractivity (Wildman–Crippen MR) is 80.9 cm³/mol. The Morgan fingerprint density at radius 3 is 2.65 bits per heavy atom. The van der Waals surface area contributed by atoms with Gasteiger partial charge in [-0.2, -0.15) is 0 Å². The maximum Gasteiger partial charge on any atom is 0.134 e. The predicted octanol–water partition coefficient (Wildman–Crippen LogP) is 3.31. The van der Waals surface area contributed by atoms with Crippen molar-refractivity contribution in [2.75, 3.05) is 23.3 Å². The number of anilines is 2. The monoisotopic (exact) mass is 274 g/mol. The molecule has 5 nitrogen and oxygen atoms in total. The molecule has 0 bridgehead atoms. The van der Waals surface area contributed by atoms with E-state index in [9.17, 15) is 0 Å². The molecule has 0 fully saturated rings. The van der Waals surface area contributed by atoms with Crippen molar-refractivity contribution in [3.8, 4) is 0 Å². The van der Waals surface area contributed by atoms with E-state index in [-0.39, 0.29) is 0 Å². The second-order valence-corrected chi connectivity index (χ2v) is 4.68. The van der Waals surface area contributed by atoms with Gasteiger partial charge in [0.1, 0.15) is 23.7 Å². The fraction of sp³-hybridized carbons (Fsp3) is 0.467. The molecule has 2 aromatic heterocycles. The van der Waals surface area contributed by atoms with Crippen molar-refractivity contribution in [1.29, 1.82) is 0 Å². The van der Waals surface area contributed by atoms with Gasteiger partial charge in [0.15, 0.2) is 0 Å². The third-order valence-electron chi connectivity index (χ3n) is 2.99. The van der Waals surface area contributed by atoms with Crippen LogP contribution in [0.4, 0.5) is 11.6 Å². The molecule has 0 spiro atoms. The summed E-state index contributed by atoms with van der Waals surface area (Å²) in [4.78, 5) is 10.9. The summed E-state index contributed by atoms with van der Waals surface area (Å²) in [5.41, 5.74) is 0. The minimum atomic E-state index is 0.630. The summed E-state index contributed by atoms with van der Waals surface area (Å²) in [6.07, 6.45) is 5.50. The van der Waals surface area contributed by atoms with Crippen LogP contribution in [0.1, 0.15) is 32.4 Å². The Balaban J connectivity index is 2.02. The summed E-state index contributed by atoms with van der Waals surface area (Å²) < 4.78 is 5.29. The number of hydrogen-bond donors (Lipinski definition) is 1. The zero-order valence-corrected chi connectivity index (χ0v) is 12.2. The van der Waals surface area contributed by atoms with Crippen LogP contribution in [0.15, 0.2) is 35.2 Å². The van der Waals surface area contributed by atoms with E-state index in [1.165, 1.54) is 0 Å². The van der Waals surface area contributed by atoms with Gasteiger partial charge >= 0.3 is 0 Å². The van der Waals surface area contributed by atoms with Crippen LogP contribution < -0.4 is 10.2 Å². The quantitative estimate of drug-likeness (QED) is 0.800. The van der Waals surface area contributed by atoms with Crippen LogP contribution in [0.3, 0.4) is 0 Å². The molecule has 0 amide bonds. The van der Waals surface area contributed by atoms with Crippen molar-refractivity contribution in [2.24, 2.45) is 0 Å². The molecule has 5 heteroatoms. The van der Waals surface area contributed by atoms with Gasteiger partial charge in [-0.15, -0.1) is 0 Å². The van der Waals surface area contributed by atoms with Gasteiger partial charge in [0.25, 0.3) is 0 Å². The molecule has 2 aromatic rings.